The van der Waals surface area contributed by atoms with E-state index in [1.54, 1.807) is 6.21 Å². The van der Waals surface area contributed by atoms with Crippen LogP contribution in [0.4, 0.5) is 0 Å². The molecular weight excluding hydrogens is 108 g/mol. The average Bonchev–Trinajstić information content (AvgIpc) is 1.61. The molecule has 0 aliphatic carbocycles. The van der Waals surface area contributed by atoms with Gasteiger partial charge < -0.3 is 5.73 Å². The molecular formula is C4H8N2S. The van der Waals surface area contributed by atoms with Gasteiger partial charge in [-0.2, -0.15) is 0 Å². The topological polar surface area (TPSA) is 38.4 Å². The van der Waals surface area contributed by atoms with Crippen LogP contribution in [0.25, 0.3) is 0 Å². The Balaban J connectivity index is 3.26. The molecule has 0 saturated heterocycles. The molecule has 0 unspecified atom stereocenters. The quantitative estimate of drug-likeness (QED) is 0.405. The Morgan fingerprint density at radius 2 is 2.57 bits per heavy atom. The van der Waals surface area contributed by atoms with Crippen molar-refractivity contribution in [1.82, 2.24) is 0 Å². The second-order valence-electron chi connectivity index (χ2n) is 1.06. The fourth-order valence-electron chi connectivity index (χ4n) is 0.181. The van der Waals surface area contributed by atoms with Gasteiger partial charge in [-0.25, -0.2) is 4.99 Å². The maximum Gasteiger partial charge on any atom is 0.189 e. The van der Waals surface area contributed by atoms with E-state index in [1.165, 1.54) is 0 Å². The third kappa shape index (κ3) is 5.56. The predicted molar refractivity (Wildman–Crippen MR) is 35.6 cm³/mol. The van der Waals surface area contributed by atoms with Gasteiger partial charge in [0.05, 0.1) is 0 Å². The molecule has 0 rings (SSSR count). The molecule has 0 bridgehead atoms. The minimum absolute atomic E-state index is 0.210. The molecule has 0 heterocycles. The summed E-state index contributed by atoms with van der Waals surface area (Å²) in [5.74, 6) is 0. The van der Waals surface area contributed by atoms with Crippen LogP contribution in [-0.4, -0.2) is 11.3 Å². The van der Waals surface area contributed by atoms with Gasteiger partial charge in [0.2, 0.25) is 0 Å². The van der Waals surface area contributed by atoms with Gasteiger partial charge in [0.25, 0.3) is 0 Å². The highest BCUT2D eigenvalue weighted by molar-refractivity contribution is 7.80. The summed E-state index contributed by atoms with van der Waals surface area (Å²) in [6.45, 7) is 1.97. The summed E-state index contributed by atoms with van der Waals surface area (Å²) < 4.78 is 0. The van der Waals surface area contributed by atoms with Crippen molar-refractivity contribution < 1.29 is 0 Å². The summed E-state index contributed by atoms with van der Waals surface area (Å²) in [4.78, 5) is 3.63. The van der Waals surface area contributed by atoms with E-state index < -0.39 is 0 Å². The molecule has 2 N–H and O–H groups in total. The lowest BCUT2D eigenvalue weighted by atomic mass is 10.5. The molecule has 0 radical (unpaired) electrons. The molecule has 2 nitrogen and oxygen atoms in total. The molecule has 3 heteroatoms. The van der Waals surface area contributed by atoms with E-state index >= 15 is 0 Å². The molecule has 0 aromatic rings. The number of nitrogens with two attached hydrogens (primary N) is 1. The minimum atomic E-state index is 0.210. The lowest BCUT2D eigenvalue weighted by molar-refractivity contribution is 1.32. The summed E-state index contributed by atoms with van der Waals surface area (Å²) in [6.07, 6.45) is 2.57. The molecule has 0 aromatic carbocycles. The van der Waals surface area contributed by atoms with E-state index in [0.717, 1.165) is 6.42 Å². The number of thiocarbonyl (C=S) groups is 1. The number of hydrogen-bond acceptors (Lipinski definition) is 1. The highest BCUT2D eigenvalue weighted by atomic mass is 32.1. The molecule has 0 aliphatic rings. The van der Waals surface area contributed by atoms with Crippen LogP contribution in [0.2, 0.25) is 0 Å². The second kappa shape index (κ2) is 3.74. The predicted octanol–water partition coefficient (Wildman–Crippen LogP) is 0.711. The molecule has 0 atom stereocenters. The summed E-state index contributed by atoms with van der Waals surface area (Å²) >= 11 is 4.44. The summed E-state index contributed by atoms with van der Waals surface area (Å²) in [7, 11) is 0. The van der Waals surface area contributed by atoms with Crippen LogP contribution in [-0.2, 0) is 0 Å². The molecule has 0 fully saturated rings. The Hall–Kier alpha value is -0.440. The maximum absolute atomic E-state index is 5.01. The Morgan fingerprint density at radius 1 is 2.00 bits per heavy atom. The van der Waals surface area contributed by atoms with Crippen molar-refractivity contribution in [2.45, 2.75) is 13.3 Å². The Labute approximate surface area is 48.4 Å². The molecule has 0 aromatic heterocycles. The van der Waals surface area contributed by atoms with Crippen LogP contribution in [0.1, 0.15) is 13.3 Å². The maximum atomic E-state index is 5.01. The Morgan fingerprint density at radius 3 is 2.71 bits per heavy atom. The zero-order valence-corrected chi connectivity index (χ0v) is 5.03. The van der Waals surface area contributed by atoms with E-state index in [4.69, 9.17) is 5.73 Å². The molecule has 0 spiro atoms. The van der Waals surface area contributed by atoms with Crippen molar-refractivity contribution in [2.24, 2.45) is 10.7 Å². The number of nitrogens with zero attached hydrogens (tertiary/aromatic N) is 1. The molecule has 0 aliphatic heterocycles. The highest BCUT2D eigenvalue weighted by Gasteiger charge is 1.71. The van der Waals surface area contributed by atoms with Crippen LogP contribution >= 0.6 is 12.2 Å². The van der Waals surface area contributed by atoms with Gasteiger partial charge in [-0.05, 0) is 18.6 Å². The van der Waals surface area contributed by atoms with Gasteiger partial charge in [-0.3, -0.25) is 0 Å². The van der Waals surface area contributed by atoms with Crippen molar-refractivity contribution in [2.75, 3.05) is 0 Å². The molecule has 0 saturated carbocycles. The number of rotatable bonds is 1. The van der Waals surface area contributed by atoms with E-state index in [-0.39, 0.29) is 5.11 Å². The fraction of sp³-hybridized carbons (Fsp3) is 0.500. The first-order valence-electron chi connectivity index (χ1n) is 2.09. The third-order valence-corrected chi connectivity index (χ3v) is 0.507. The van der Waals surface area contributed by atoms with E-state index in [2.05, 4.69) is 17.2 Å². The highest BCUT2D eigenvalue weighted by Crippen LogP contribution is 1.69. The lowest BCUT2D eigenvalue weighted by Gasteiger charge is -1.78. The Kier molecular flexibility index (Phi) is 3.50. The van der Waals surface area contributed by atoms with E-state index in [9.17, 15) is 0 Å². The number of hydrogen-bond donors (Lipinski definition) is 1. The fourth-order valence-corrected chi connectivity index (χ4v) is 0.256. The second-order valence-corrected chi connectivity index (χ2v) is 1.48. The van der Waals surface area contributed by atoms with Crippen LogP contribution in [0.3, 0.4) is 0 Å². The first-order chi connectivity index (χ1) is 3.27. The van der Waals surface area contributed by atoms with E-state index in [0.29, 0.717) is 0 Å². The Bertz CT molecular complexity index is 87.7. The minimum Gasteiger partial charge on any atom is -0.374 e. The molecule has 0 amide bonds. The standard InChI is InChI=1S/C4H8N2S/c1-2-3-6-4(5)7/h3H,2H2,1H3,(H2,5,7)/b6-3+. The smallest absolute Gasteiger partial charge is 0.189 e. The van der Waals surface area contributed by atoms with Crippen molar-refractivity contribution in [3.8, 4) is 0 Å². The lowest BCUT2D eigenvalue weighted by Crippen LogP contribution is -2.02. The van der Waals surface area contributed by atoms with Gasteiger partial charge in [-0.1, -0.05) is 6.92 Å². The first kappa shape index (κ1) is 6.56. The normalized spacial score (nSPS) is 9.86. The van der Waals surface area contributed by atoms with Crippen molar-refractivity contribution in [1.29, 1.82) is 0 Å². The SMILES string of the molecule is CC/C=N/C(N)=S. The molecule has 40 valence electrons. The number of aliphatic imine (C=N–C) groups is 1. The van der Waals surface area contributed by atoms with Gasteiger partial charge in [0.1, 0.15) is 0 Å². The summed E-state index contributed by atoms with van der Waals surface area (Å²) in [5, 5.41) is 0.210. The van der Waals surface area contributed by atoms with Crippen molar-refractivity contribution >= 4 is 23.5 Å². The van der Waals surface area contributed by atoms with Gasteiger partial charge in [-0.15, -0.1) is 0 Å². The molecule has 7 heavy (non-hydrogen) atoms. The van der Waals surface area contributed by atoms with Crippen LogP contribution in [0, 0.1) is 0 Å². The first-order valence-corrected chi connectivity index (χ1v) is 2.50. The van der Waals surface area contributed by atoms with E-state index in [1.807, 2.05) is 6.92 Å². The monoisotopic (exact) mass is 116 g/mol. The van der Waals surface area contributed by atoms with Crippen molar-refractivity contribution in [3.63, 3.8) is 0 Å². The third-order valence-electron chi connectivity index (χ3n) is 0.401. The summed E-state index contributed by atoms with van der Waals surface area (Å²) in [5.41, 5.74) is 5.01. The summed E-state index contributed by atoms with van der Waals surface area (Å²) in [6, 6.07) is 0. The zero-order valence-electron chi connectivity index (χ0n) is 4.22. The van der Waals surface area contributed by atoms with Crippen LogP contribution in [0.5, 0.6) is 0 Å². The van der Waals surface area contributed by atoms with Gasteiger partial charge >= 0.3 is 0 Å². The zero-order chi connectivity index (χ0) is 5.70. The van der Waals surface area contributed by atoms with Crippen molar-refractivity contribution in [3.05, 3.63) is 0 Å². The average molecular weight is 116 g/mol. The van der Waals surface area contributed by atoms with Crippen LogP contribution in [0.15, 0.2) is 4.99 Å². The van der Waals surface area contributed by atoms with Gasteiger partial charge in [0, 0.05) is 6.21 Å². The van der Waals surface area contributed by atoms with Crippen LogP contribution < -0.4 is 5.73 Å². The van der Waals surface area contributed by atoms with Gasteiger partial charge in [0.15, 0.2) is 5.11 Å². The largest absolute Gasteiger partial charge is 0.374 e.